The third-order valence-electron chi connectivity index (χ3n) is 6.05. The molecule has 0 radical (unpaired) electrons. The Morgan fingerprint density at radius 3 is 2.18 bits per heavy atom. The molecule has 3 aromatic rings. The lowest BCUT2D eigenvalue weighted by Gasteiger charge is -2.25. The number of nitrogens with zero attached hydrogens (tertiary/aromatic N) is 1. The van der Waals surface area contributed by atoms with Gasteiger partial charge in [0.05, 0.1) is 24.0 Å². The maximum atomic E-state index is 13.3. The van der Waals surface area contributed by atoms with Crippen molar-refractivity contribution in [3.8, 4) is 0 Å². The van der Waals surface area contributed by atoms with Crippen LogP contribution in [0.2, 0.25) is 0 Å². The summed E-state index contributed by atoms with van der Waals surface area (Å²) in [6, 6.07) is 22.6. The highest BCUT2D eigenvalue weighted by Crippen LogP contribution is 2.24. The summed E-state index contributed by atoms with van der Waals surface area (Å²) >= 11 is 3.37. The van der Waals surface area contributed by atoms with Gasteiger partial charge in [-0.15, -0.1) is 0 Å². The van der Waals surface area contributed by atoms with Gasteiger partial charge in [0, 0.05) is 16.2 Å². The molecule has 2 N–H and O–H groups in total. The van der Waals surface area contributed by atoms with Gasteiger partial charge >= 0.3 is 6.09 Å². The van der Waals surface area contributed by atoms with E-state index in [4.69, 9.17) is 8.92 Å². The van der Waals surface area contributed by atoms with Crippen LogP contribution in [0.1, 0.15) is 51.2 Å². The van der Waals surface area contributed by atoms with E-state index in [0.717, 1.165) is 9.48 Å². The minimum Gasteiger partial charge on any atom is -0.443 e. The van der Waals surface area contributed by atoms with Crippen LogP contribution in [0.3, 0.4) is 0 Å². The summed E-state index contributed by atoms with van der Waals surface area (Å²) < 4.78 is 34.9. The second-order valence-electron chi connectivity index (χ2n) is 10.6. The summed E-state index contributed by atoms with van der Waals surface area (Å²) in [6.45, 7) is 6.49. The van der Waals surface area contributed by atoms with Crippen LogP contribution in [0.5, 0.6) is 0 Å². The molecule has 0 fully saturated rings. The number of benzene rings is 3. The smallest absolute Gasteiger partial charge is 0.427 e. The summed E-state index contributed by atoms with van der Waals surface area (Å²) in [5.74, 6) is -1.73. The average molecular weight is 687 g/mol. The second kappa shape index (κ2) is 15.6. The summed E-state index contributed by atoms with van der Waals surface area (Å²) in [5.41, 5.74) is 4.06. The van der Waals surface area contributed by atoms with Gasteiger partial charge in [0.25, 0.3) is 16.0 Å². The fourth-order valence-electron chi connectivity index (χ4n) is 3.89. The van der Waals surface area contributed by atoms with Crippen LogP contribution in [-0.2, 0) is 28.6 Å². The van der Waals surface area contributed by atoms with Crippen LogP contribution < -0.4 is 15.8 Å². The molecule has 0 aliphatic heterocycles. The van der Waals surface area contributed by atoms with Gasteiger partial charge in [-0.25, -0.2) is 15.2 Å². The molecule has 1 atom stereocenters. The number of carbonyl (C=O) groups is 3. The monoisotopic (exact) mass is 685 g/mol. The van der Waals surface area contributed by atoms with Crippen LogP contribution in [0.25, 0.3) is 6.08 Å². The summed E-state index contributed by atoms with van der Waals surface area (Å²) in [5, 5.41) is 3.96. The molecule has 1 unspecified atom stereocenters. The van der Waals surface area contributed by atoms with Crippen LogP contribution in [0.4, 0.5) is 16.2 Å². The Balaban J connectivity index is 1.78. The molecular formula is C32H36BrN3O7S. The van der Waals surface area contributed by atoms with Gasteiger partial charge in [-0.2, -0.15) is 8.42 Å². The van der Waals surface area contributed by atoms with Crippen LogP contribution in [-0.4, -0.2) is 44.3 Å². The summed E-state index contributed by atoms with van der Waals surface area (Å²) in [7, 11) is -3.67. The number of ether oxygens (including phenoxy) is 1. The van der Waals surface area contributed by atoms with Crippen molar-refractivity contribution >= 4 is 61.4 Å². The van der Waals surface area contributed by atoms with Gasteiger partial charge in [0.1, 0.15) is 5.60 Å². The topological polar surface area (TPSA) is 131 Å². The quantitative estimate of drug-likeness (QED) is 0.135. The number of rotatable bonds is 11. The van der Waals surface area contributed by atoms with Crippen molar-refractivity contribution in [1.82, 2.24) is 5.43 Å². The predicted molar refractivity (Wildman–Crippen MR) is 174 cm³/mol. The lowest BCUT2D eigenvalue weighted by Crippen LogP contribution is -2.47. The third-order valence-corrected chi connectivity index (χ3v) is 7.81. The first-order chi connectivity index (χ1) is 20.8. The van der Waals surface area contributed by atoms with Gasteiger partial charge in [-0.3, -0.25) is 13.8 Å². The van der Waals surface area contributed by atoms with Gasteiger partial charge in [0.15, 0.2) is 0 Å². The molecule has 0 heterocycles. The zero-order chi connectivity index (χ0) is 32.3. The van der Waals surface area contributed by atoms with E-state index in [0.29, 0.717) is 22.5 Å². The predicted octanol–water partition coefficient (Wildman–Crippen LogP) is 6.41. The Kier molecular flexibility index (Phi) is 12.3. The molecule has 0 spiro atoms. The van der Waals surface area contributed by atoms with Gasteiger partial charge in [-0.05, 0) is 87.7 Å². The van der Waals surface area contributed by atoms with E-state index in [9.17, 15) is 22.8 Å². The maximum absolute atomic E-state index is 13.3. The Morgan fingerprint density at radius 2 is 1.59 bits per heavy atom. The molecule has 0 bridgehead atoms. The van der Waals surface area contributed by atoms with Crippen molar-refractivity contribution in [2.45, 2.75) is 45.6 Å². The highest BCUT2D eigenvalue weighted by molar-refractivity contribution is 9.10. The van der Waals surface area contributed by atoms with Crippen LogP contribution >= 0.6 is 15.9 Å². The highest BCUT2D eigenvalue weighted by atomic mass is 79.9. The fourth-order valence-corrected chi connectivity index (χ4v) is 4.67. The Labute approximate surface area is 266 Å². The van der Waals surface area contributed by atoms with Crippen molar-refractivity contribution in [2.24, 2.45) is 0 Å². The minimum atomic E-state index is -3.67. The normalized spacial score (nSPS) is 12.4. The lowest BCUT2D eigenvalue weighted by molar-refractivity contribution is -0.118. The van der Waals surface area contributed by atoms with Crippen molar-refractivity contribution < 1.29 is 31.7 Å². The fraction of sp³-hybridized carbons (Fsp3) is 0.281. The Morgan fingerprint density at radius 1 is 0.955 bits per heavy atom. The number of halogens is 1. The molecule has 0 aromatic heterocycles. The van der Waals surface area contributed by atoms with Crippen molar-refractivity contribution in [3.63, 3.8) is 0 Å². The molecule has 0 aliphatic rings. The molecule has 3 rings (SSSR count). The van der Waals surface area contributed by atoms with Gasteiger partial charge in [0.2, 0.25) is 5.91 Å². The number of hydrazine groups is 1. The highest BCUT2D eigenvalue weighted by Gasteiger charge is 2.23. The number of carbonyl (C=O) groups excluding carboxylic acids is 3. The van der Waals surface area contributed by atoms with Crippen molar-refractivity contribution in [3.05, 3.63) is 101 Å². The van der Waals surface area contributed by atoms with E-state index in [-0.39, 0.29) is 24.7 Å². The van der Waals surface area contributed by atoms with Gasteiger partial charge in [-0.1, -0.05) is 58.4 Å². The molecule has 44 heavy (non-hydrogen) atoms. The minimum absolute atomic E-state index is 0.123. The molecule has 3 amide bonds. The first-order valence-electron chi connectivity index (χ1n) is 13.9. The molecule has 0 aliphatic carbocycles. The molecular weight excluding hydrogens is 650 g/mol. The van der Waals surface area contributed by atoms with Crippen molar-refractivity contribution in [1.29, 1.82) is 0 Å². The number of amides is 3. The third kappa shape index (κ3) is 11.3. The van der Waals surface area contributed by atoms with Gasteiger partial charge < -0.3 is 10.1 Å². The first kappa shape index (κ1) is 34.5. The molecule has 3 aromatic carbocycles. The Hall–Kier alpha value is -4.00. The number of hydrogen-bond acceptors (Lipinski definition) is 7. The SMILES string of the molecule is CCS(=O)(=O)OCCC(C(=O)Nc1ccc(Br)cc1)c1ccc(C=CC(=O)N(NC(=O)OC(C)(C)C)c2ccccc2)cc1. The zero-order valence-electron chi connectivity index (χ0n) is 25.0. The molecule has 234 valence electrons. The van der Waals surface area contributed by atoms with E-state index < -0.39 is 33.6 Å². The standard InChI is InChI=1S/C32H36BrN3O7S/c1-5-44(40,41)42-22-21-28(30(38)34-26-18-16-25(33)17-19-26)24-14-11-23(12-15-24)13-20-29(37)36(27-9-7-6-8-10-27)35-31(39)43-32(2,3)4/h6-20,28H,5,21-22H2,1-4H3,(H,34,38)(H,35,39). The van der Waals surface area contributed by atoms with Crippen molar-refractivity contribution in [2.75, 3.05) is 22.7 Å². The van der Waals surface area contributed by atoms with E-state index >= 15 is 0 Å². The second-order valence-corrected chi connectivity index (χ2v) is 13.5. The number of anilines is 2. The number of nitrogens with one attached hydrogen (secondary N) is 2. The van der Waals surface area contributed by atoms with Crippen LogP contribution in [0, 0.1) is 0 Å². The molecule has 12 heteroatoms. The average Bonchev–Trinajstić information content (AvgIpc) is 2.98. The molecule has 0 saturated carbocycles. The Bertz CT molecular complexity index is 1550. The van der Waals surface area contributed by atoms with E-state index in [1.807, 2.05) is 0 Å². The first-order valence-corrected chi connectivity index (χ1v) is 16.2. The van der Waals surface area contributed by atoms with E-state index in [1.54, 1.807) is 106 Å². The largest absolute Gasteiger partial charge is 0.443 e. The molecule has 0 saturated heterocycles. The maximum Gasteiger partial charge on any atom is 0.427 e. The lowest BCUT2D eigenvalue weighted by atomic mass is 9.94. The number of hydrogen-bond donors (Lipinski definition) is 2. The number of para-hydroxylation sites is 1. The zero-order valence-corrected chi connectivity index (χ0v) is 27.4. The summed E-state index contributed by atoms with van der Waals surface area (Å²) in [6.07, 6.45) is 2.22. The van der Waals surface area contributed by atoms with E-state index in [2.05, 4.69) is 26.7 Å². The summed E-state index contributed by atoms with van der Waals surface area (Å²) in [4.78, 5) is 38.8. The van der Waals surface area contributed by atoms with E-state index in [1.165, 1.54) is 13.0 Å². The molecule has 10 nitrogen and oxygen atoms in total. The van der Waals surface area contributed by atoms with Crippen LogP contribution in [0.15, 0.2) is 89.4 Å².